The SMILES string of the molecule is CCCCC/C=C\C/C=C\CCCCCCCCCC(=O)OCC(COC(=O)CCCCCCC/C=C\C/C=C\CCCCC)OC(=O)CCCCCCCCCCCCCCCCCC. The normalized spacial score (nSPS) is 12.3. The fourth-order valence-electron chi connectivity index (χ4n) is 8.21. The first kappa shape index (κ1) is 63.4. The molecule has 1 unspecified atom stereocenters. The van der Waals surface area contributed by atoms with Gasteiger partial charge in [0, 0.05) is 19.3 Å². The molecule has 0 saturated heterocycles. The van der Waals surface area contributed by atoms with E-state index in [0.29, 0.717) is 19.3 Å². The van der Waals surface area contributed by atoms with Crippen LogP contribution in [0.1, 0.15) is 297 Å². The van der Waals surface area contributed by atoms with Gasteiger partial charge in [-0.05, 0) is 83.5 Å². The third-order valence-electron chi connectivity index (χ3n) is 12.6. The minimum absolute atomic E-state index is 0.0792. The average Bonchev–Trinajstić information content (AvgIpc) is 3.31. The summed E-state index contributed by atoms with van der Waals surface area (Å²) in [6, 6.07) is 0. The van der Waals surface area contributed by atoms with E-state index in [1.807, 2.05) is 0 Å². The van der Waals surface area contributed by atoms with Crippen LogP contribution in [0.15, 0.2) is 48.6 Å². The van der Waals surface area contributed by atoms with Crippen molar-refractivity contribution in [2.24, 2.45) is 0 Å². The molecule has 1 atom stereocenters. The van der Waals surface area contributed by atoms with Crippen LogP contribution in [0.25, 0.3) is 0 Å². The van der Waals surface area contributed by atoms with Crippen LogP contribution < -0.4 is 0 Å². The molecule has 0 amide bonds. The third-order valence-corrected chi connectivity index (χ3v) is 12.6. The Morgan fingerprint density at radius 3 is 0.864 bits per heavy atom. The Labute approximate surface area is 409 Å². The highest BCUT2D eigenvalue weighted by molar-refractivity contribution is 5.71. The first-order chi connectivity index (χ1) is 32.5. The lowest BCUT2D eigenvalue weighted by Gasteiger charge is -2.18. The van der Waals surface area contributed by atoms with E-state index in [-0.39, 0.29) is 31.1 Å². The van der Waals surface area contributed by atoms with Crippen LogP contribution in [0.5, 0.6) is 0 Å². The second kappa shape index (κ2) is 55.0. The second-order valence-electron chi connectivity index (χ2n) is 19.2. The van der Waals surface area contributed by atoms with E-state index in [2.05, 4.69) is 69.4 Å². The quantitative estimate of drug-likeness (QED) is 0.0262. The molecule has 0 rings (SSSR count). The Morgan fingerprint density at radius 1 is 0.303 bits per heavy atom. The largest absolute Gasteiger partial charge is 0.462 e. The van der Waals surface area contributed by atoms with Crippen molar-refractivity contribution in [3.8, 4) is 0 Å². The van der Waals surface area contributed by atoms with E-state index in [0.717, 1.165) is 89.9 Å². The van der Waals surface area contributed by atoms with Crippen molar-refractivity contribution in [2.75, 3.05) is 13.2 Å². The highest BCUT2D eigenvalue weighted by Gasteiger charge is 2.19. The first-order valence-corrected chi connectivity index (χ1v) is 28.6. The van der Waals surface area contributed by atoms with Crippen molar-refractivity contribution >= 4 is 17.9 Å². The fourth-order valence-corrected chi connectivity index (χ4v) is 8.21. The maximum atomic E-state index is 12.8. The number of unbranched alkanes of at least 4 members (excludes halogenated alkanes) is 33. The van der Waals surface area contributed by atoms with E-state index >= 15 is 0 Å². The zero-order valence-electron chi connectivity index (χ0n) is 44.0. The Hall–Kier alpha value is -2.63. The van der Waals surface area contributed by atoms with Gasteiger partial charge in [-0.15, -0.1) is 0 Å². The number of hydrogen-bond donors (Lipinski definition) is 0. The standard InChI is InChI=1S/C60H108O6/c1-4-7-10-13-16-19-22-25-28-30-33-35-38-41-44-47-50-53-59(62)65-56-57(55-64-58(61)52-49-46-43-40-37-34-31-27-24-21-18-15-12-9-6-3)66-60(63)54-51-48-45-42-39-36-32-29-26-23-20-17-14-11-8-5-2/h16,18-19,21,25,27-28,31,57H,4-15,17,20,22-24,26,29-30,32-56H2,1-3H3/b19-16-,21-18-,28-25-,31-27-. The summed E-state index contributed by atoms with van der Waals surface area (Å²) in [4.78, 5) is 38.1. The van der Waals surface area contributed by atoms with Crippen molar-refractivity contribution in [3.05, 3.63) is 48.6 Å². The second-order valence-corrected chi connectivity index (χ2v) is 19.2. The molecule has 0 fully saturated rings. The predicted octanol–water partition coefficient (Wildman–Crippen LogP) is 19.0. The van der Waals surface area contributed by atoms with Gasteiger partial charge in [0.15, 0.2) is 6.10 Å². The summed E-state index contributed by atoms with van der Waals surface area (Å²) in [5, 5.41) is 0. The van der Waals surface area contributed by atoms with Crippen LogP contribution >= 0.6 is 0 Å². The van der Waals surface area contributed by atoms with Gasteiger partial charge >= 0.3 is 17.9 Å². The summed E-state index contributed by atoms with van der Waals surface area (Å²) in [5.74, 6) is -0.885. The Bertz CT molecular complexity index is 1150. The summed E-state index contributed by atoms with van der Waals surface area (Å²) < 4.78 is 16.9. The van der Waals surface area contributed by atoms with Crippen molar-refractivity contribution in [3.63, 3.8) is 0 Å². The predicted molar refractivity (Wildman–Crippen MR) is 284 cm³/mol. The van der Waals surface area contributed by atoms with Crippen LogP contribution in [0.4, 0.5) is 0 Å². The Kier molecular flexibility index (Phi) is 52.8. The zero-order valence-corrected chi connectivity index (χ0v) is 44.0. The maximum absolute atomic E-state index is 12.8. The monoisotopic (exact) mass is 925 g/mol. The number of carbonyl (C=O) groups is 3. The summed E-state index contributed by atoms with van der Waals surface area (Å²) >= 11 is 0. The molecule has 6 heteroatoms. The van der Waals surface area contributed by atoms with Crippen molar-refractivity contribution < 1.29 is 28.6 Å². The van der Waals surface area contributed by atoms with Gasteiger partial charge in [0.25, 0.3) is 0 Å². The van der Waals surface area contributed by atoms with E-state index in [9.17, 15) is 14.4 Å². The molecule has 384 valence electrons. The molecule has 0 aliphatic carbocycles. The smallest absolute Gasteiger partial charge is 0.306 e. The Balaban J connectivity index is 4.38. The van der Waals surface area contributed by atoms with Crippen LogP contribution in [-0.4, -0.2) is 37.2 Å². The lowest BCUT2D eigenvalue weighted by Crippen LogP contribution is -2.30. The van der Waals surface area contributed by atoms with E-state index in [4.69, 9.17) is 14.2 Å². The molecule has 0 spiro atoms. The maximum Gasteiger partial charge on any atom is 0.306 e. The van der Waals surface area contributed by atoms with Crippen LogP contribution in [-0.2, 0) is 28.6 Å². The minimum atomic E-state index is -0.780. The van der Waals surface area contributed by atoms with Gasteiger partial charge in [0.05, 0.1) is 0 Å². The molecule has 0 aromatic carbocycles. The molecule has 0 N–H and O–H groups in total. The molecule has 0 aromatic rings. The van der Waals surface area contributed by atoms with Gasteiger partial charge in [0.2, 0.25) is 0 Å². The number of ether oxygens (including phenoxy) is 3. The number of rotatable bonds is 52. The van der Waals surface area contributed by atoms with Crippen molar-refractivity contribution in [1.82, 2.24) is 0 Å². The van der Waals surface area contributed by atoms with Gasteiger partial charge < -0.3 is 14.2 Å². The molecular formula is C60H108O6. The summed E-state index contributed by atoms with van der Waals surface area (Å²) in [7, 11) is 0. The first-order valence-electron chi connectivity index (χ1n) is 28.6. The molecule has 0 radical (unpaired) electrons. The van der Waals surface area contributed by atoms with E-state index < -0.39 is 6.10 Å². The average molecular weight is 926 g/mol. The van der Waals surface area contributed by atoms with Gasteiger partial charge in [0.1, 0.15) is 13.2 Å². The zero-order chi connectivity index (χ0) is 47.9. The molecule has 0 aromatic heterocycles. The number of carbonyl (C=O) groups excluding carboxylic acids is 3. The molecule has 0 saturated carbocycles. The van der Waals surface area contributed by atoms with Crippen LogP contribution in [0.3, 0.4) is 0 Å². The number of allylic oxidation sites excluding steroid dienone is 8. The highest BCUT2D eigenvalue weighted by atomic mass is 16.6. The number of esters is 3. The molecule has 6 nitrogen and oxygen atoms in total. The van der Waals surface area contributed by atoms with E-state index in [1.54, 1.807) is 0 Å². The lowest BCUT2D eigenvalue weighted by atomic mass is 10.0. The van der Waals surface area contributed by atoms with Gasteiger partial charge in [-0.3, -0.25) is 14.4 Å². The highest BCUT2D eigenvalue weighted by Crippen LogP contribution is 2.16. The van der Waals surface area contributed by atoms with Gasteiger partial charge in [-0.2, -0.15) is 0 Å². The minimum Gasteiger partial charge on any atom is -0.462 e. The fraction of sp³-hybridized carbons (Fsp3) is 0.817. The van der Waals surface area contributed by atoms with Gasteiger partial charge in [-0.25, -0.2) is 0 Å². The van der Waals surface area contributed by atoms with E-state index in [1.165, 1.54) is 167 Å². The Morgan fingerprint density at radius 2 is 0.545 bits per heavy atom. The lowest BCUT2D eigenvalue weighted by molar-refractivity contribution is -0.167. The third kappa shape index (κ3) is 52.3. The summed E-state index contributed by atoms with van der Waals surface area (Å²) in [6.07, 6.45) is 66.6. The molecule has 66 heavy (non-hydrogen) atoms. The molecule has 0 heterocycles. The summed E-state index contributed by atoms with van der Waals surface area (Å²) in [6.45, 7) is 6.60. The molecule has 0 bridgehead atoms. The van der Waals surface area contributed by atoms with Crippen molar-refractivity contribution in [2.45, 2.75) is 303 Å². The molecule has 0 aliphatic heterocycles. The molecular weight excluding hydrogens is 817 g/mol. The van der Waals surface area contributed by atoms with Crippen LogP contribution in [0, 0.1) is 0 Å². The topological polar surface area (TPSA) is 78.9 Å². The number of hydrogen-bond acceptors (Lipinski definition) is 6. The summed E-state index contributed by atoms with van der Waals surface area (Å²) in [5.41, 5.74) is 0. The van der Waals surface area contributed by atoms with Crippen molar-refractivity contribution in [1.29, 1.82) is 0 Å². The van der Waals surface area contributed by atoms with Gasteiger partial charge in [-0.1, -0.05) is 243 Å². The molecule has 0 aliphatic rings. The van der Waals surface area contributed by atoms with Crippen LogP contribution in [0.2, 0.25) is 0 Å².